The third-order valence-corrected chi connectivity index (χ3v) is 6.19. The third-order valence-electron chi connectivity index (χ3n) is 6.19. The van der Waals surface area contributed by atoms with Gasteiger partial charge in [0, 0.05) is 29.6 Å². The maximum absolute atomic E-state index is 14.4. The van der Waals surface area contributed by atoms with Crippen LogP contribution in [0, 0.1) is 5.82 Å². The fourth-order valence-corrected chi connectivity index (χ4v) is 4.42. The number of nitrogens with zero attached hydrogens (tertiary/aromatic N) is 4. The lowest BCUT2D eigenvalue weighted by atomic mass is 10.1. The van der Waals surface area contributed by atoms with E-state index in [-0.39, 0.29) is 22.8 Å². The number of fused-ring (bicyclic) bond motifs is 2. The highest BCUT2D eigenvalue weighted by atomic mass is 19.4. The van der Waals surface area contributed by atoms with E-state index in [9.17, 15) is 22.4 Å². The Morgan fingerprint density at radius 3 is 2.67 bits per heavy atom. The highest BCUT2D eigenvalue weighted by molar-refractivity contribution is 6.07. The molecule has 0 saturated carbocycles. The number of carbonyl (C=O) groups excluding carboxylic acids is 1. The minimum absolute atomic E-state index is 0.134. The molecule has 12 heteroatoms. The number of aryl methyl sites for hydroxylation is 1. The number of aromatic amines is 1. The van der Waals surface area contributed by atoms with Crippen LogP contribution in [-0.2, 0) is 32.2 Å². The Balaban J connectivity index is 1.57. The fourth-order valence-electron chi connectivity index (χ4n) is 4.42. The zero-order chi connectivity index (χ0) is 25.6. The number of anilines is 2. The Morgan fingerprint density at radius 2 is 1.94 bits per heavy atom. The van der Waals surface area contributed by atoms with Crippen molar-refractivity contribution in [2.45, 2.75) is 39.2 Å². The van der Waals surface area contributed by atoms with Crippen LogP contribution in [0.5, 0.6) is 0 Å². The molecule has 2 aromatic carbocycles. The van der Waals surface area contributed by atoms with Crippen molar-refractivity contribution in [3.05, 3.63) is 75.9 Å². The number of amides is 1. The van der Waals surface area contributed by atoms with Gasteiger partial charge in [-0.05, 0) is 30.7 Å². The molecule has 5 rings (SSSR count). The molecule has 8 nitrogen and oxygen atoms in total. The number of alkyl halides is 3. The molecule has 3 heterocycles. The number of rotatable bonds is 6. The predicted octanol–water partition coefficient (Wildman–Crippen LogP) is 4.30. The highest BCUT2D eigenvalue weighted by Crippen LogP contribution is 2.35. The third kappa shape index (κ3) is 4.08. The summed E-state index contributed by atoms with van der Waals surface area (Å²) in [5.41, 5.74) is 7.17. The number of carbonyl (C=O) groups is 1. The van der Waals surface area contributed by atoms with Gasteiger partial charge in [-0.15, -0.1) is 0 Å². The van der Waals surface area contributed by atoms with Gasteiger partial charge in [-0.3, -0.25) is 9.89 Å². The fraction of sp³-hybridized carbons (Fsp3) is 0.250. The molecule has 4 N–H and O–H groups in total. The minimum Gasteiger partial charge on any atom is -0.366 e. The normalized spacial score (nSPS) is 13.3. The Kier molecular flexibility index (Phi) is 5.73. The second-order valence-corrected chi connectivity index (χ2v) is 8.39. The molecule has 4 aromatic rings. The zero-order valence-electron chi connectivity index (χ0n) is 19.1. The molecule has 0 unspecified atom stereocenters. The van der Waals surface area contributed by atoms with E-state index in [1.54, 1.807) is 12.1 Å². The van der Waals surface area contributed by atoms with Gasteiger partial charge in [-0.1, -0.05) is 19.1 Å². The summed E-state index contributed by atoms with van der Waals surface area (Å²) in [5.74, 6) is -1.31. The number of para-hydroxylation sites is 1. The van der Waals surface area contributed by atoms with E-state index in [0.717, 1.165) is 41.6 Å². The van der Waals surface area contributed by atoms with Crippen LogP contribution in [0.2, 0.25) is 0 Å². The molecular formula is C24H21F4N7O. The van der Waals surface area contributed by atoms with E-state index in [2.05, 4.69) is 25.5 Å². The zero-order valence-corrected chi connectivity index (χ0v) is 19.1. The topological polar surface area (TPSA) is 113 Å². The Morgan fingerprint density at radius 1 is 1.17 bits per heavy atom. The number of nitrogens with two attached hydrogens (primary N) is 1. The predicted molar refractivity (Wildman–Crippen MR) is 125 cm³/mol. The van der Waals surface area contributed by atoms with Gasteiger partial charge in [0.25, 0.3) is 5.91 Å². The average molecular weight is 499 g/mol. The molecule has 0 radical (unpaired) electrons. The number of halogens is 4. The summed E-state index contributed by atoms with van der Waals surface area (Å²) in [7, 11) is 0. The van der Waals surface area contributed by atoms with Crippen LogP contribution in [0.25, 0.3) is 10.9 Å². The SMILES string of the molecule is CCc1n[nH]c2c1CN(c1nc(NCc3c(F)cccc3C(F)(F)F)c3cccc(C(N)=O)c3n1)C2. The lowest BCUT2D eigenvalue weighted by molar-refractivity contribution is -0.138. The van der Waals surface area contributed by atoms with Crippen molar-refractivity contribution in [1.82, 2.24) is 20.2 Å². The molecular weight excluding hydrogens is 478 g/mol. The second-order valence-electron chi connectivity index (χ2n) is 8.39. The number of benzene rings is 2. The Labute approximate surface area is 202 Å². The first-order valence-corrected chi connectivity index (χ1v) is 11.2. The van der Waals surface area contributed by atoms with E-state index in [1.807, 2.05) is 11.8 Å². The van der Waals surface area contributed by atoms with Crippen LogP contribution in [-0.4, -0.2) is 26.1 Å². The summed E-state index contributed by atoms with van der Waals surface area (Å²) in [4.78, 5) is 23.1. The standard InChI is InChI=1S/C24H21F4N7O/c1-2-18-15-10-35(11-19(15)34-33-18)23-31-20-12(21(29)36)5-3-6-13(20)22(32-23)30-9-14-16(24(26,27)28)7-4-8-17(14)25/h3-8H,2,9-11H2,1H3,(H2,29,36)(H,33,34)(H,30,31,32). The molecule has 36 heavy (non-hydrogen) atoms. The van der Waals surface area contributed by atoms with Crippen LogP contribution in [0.15, 0.2) is 36.4 Å². The molecule has 0 aliphatic carbocycles. The molecule has 186 valence electrons. The first kappa shape index (κ1) is 23.5. The van der Waals surface area contributed by atoms with Gasteiger partial charge >= 0.3 is 6.18 Å². The van der Waals surface area contributed by atoms with Crippen LogP contribution >= 0.6 is 0 Å². The number of H-pyrrole nitrogens is 1. The molecule has 2 aromatic heterocycles. The number of hydrogen-bond acceptors (Lipinski definition) is 6. The first-order chi connectivity index (χ1) is 17.2. The van der Waals surface area contributed by atoms with Crippen LogP contribution in [0.1, 0.15) is 45.4 Å². The molecule has 0 spiro atoms. The summed E-state index contributed by atoms with van der Waals surface area (Å²) < 4.78 is 54.9. The maximum Gasteiger partial charge on any atom is 0.416 e. The van der Waals surface area contributed by atoms with Gasteiger partial charge in [0.2, 0.25) is 5.95 Å². The monoisotopic (exact) mass is 499 g/mol. The summed E-state index contributed by atoms with van der Waals surface area (Å²) in [5, 5.41) is 10.5. The maximum atomic E-state index is 14.4. The van der Waals surface area contributed by atoms with Crippen molar-refractivity contribution in [3.63, 3.8) is 0 Å². The van der Waals surface area contributed by atoms with Crippen LogP contribution < -0.4 is 16.0 Å². The van der Waals surface area contributed by atoms with Gasteiger partial charge in [0.15, 0.2) is 0 Å². The summed E-state index contributed by atoms with van der Waals surface area (Å²) in [6, 6.07) is 7.51. The number of nitrogens with one attached hydrogen (secondary N) is 2. The van der Waals surface area contributed by atoms with Gasteiger partial charge in [-0.25, -0.2) is 9.37 Å². The van der Waals surface area contributed by atoms with E-state index >= 15 is 0 Å². The molecule has 1 aliphatic heterocycles. The number of aromatic nitrogens is 4. The van der Waals surface area contributed by atoms with Crippen molar-refractivity contribution in [2.75, 3.05) is 10.2 Å². The average Bonchev–Trinajstić information content (AvgIpc) is 3.42. The van der Waals surface area contributed by atoms with Crippen LogP contribution in [0.4, 0.5) is 29.3 Å². The van der Waals surface area contributed by atoms with Gasteiger partial charge < -0.3 is 16.0 Å². The lowest BCUT2D eigenvalue weighted by Gasteiger charge is -2.20. The Hall–Kier alpha value is -4.22. The van der Waals surface area contributed by atoms with Gasteiger partial charge in [-0.2, -0.15) is 23.3 Å². The van der Waals surface area contributed by atoms with Gasteiger partial charge in [0.1, 0.15) is 11.6 Å². The van der Waals surface area contributed by atoms with E-state index in [0.29, 0.717) is 18.5 Å². The second kappa shape index (κ2) is 8.77. The first-order valence-electron chi connectivity index (χ1n) is 11.2. The highest BCUT2D eigenvalue weighted by Gasteiger charge is 2.34. The number of primary amides is 1. The molecule has 0 atom stereocenters. The van der Waals surface area contributed by atoms with Crippen molar-refractivity contribution in [3.8, 4) is 0 Å². The van der Waals surface area contributed by atoms with Crippen molar-refractivity contribution < 1.29 is 22.4 Å². The number of hydrogen-bond donors (Lipinski definition) is 3. The summed E-state index contributed by atoms with van der Waals surface area (Å²) in [6.07, 6.45) is -3.99. The van der Waals surface area contributed by atoms with E-state index in [4.69, 9.17) is 5.73 Å². The summed E-state index contributed by atoms with van der Waals surface area (Å²) in [6.45, 7) is 2.39. The minimum atomic E-state index is -4.73. The molecule has 1 aliphatic rings. The van der Waals surface area contributed by atoms with Crippen molar-refractivity contribution in [2.24, 2.45) is 5.73 Å². The molecule has 0 bridgehead atoms. The van der Waals surface area contributed by atoms with Gasteiger partial charge in [0.05, 0.1) is 34.6 Å². The summed E-state index contributed by atoms with van der Waals surface area (Å²) >= 11 is 0. The smallest absolute Gasteiger partial charge is 0.366 e. The van der Waals surface area contributed by atoms with Crippen molar-refractivity contribution >= 4 is 28.6 Å². The van der Waals surface area contributed by atoms with Crippen molar-refractivity contribution in [1.29, 1.82) is 0 Å². The molecule has 0 saturated heterocycles. The molecule has 1 amide bonds. The van der Waals surface area contributed by atoms with Crippen LogP contribution in [0.3, 0.4) is 0 Å². The quantitative estimate of drug-likeness (QED) is 0.341. The molecule has 0 fully saturated rings. The van der Waals surface area contributed by atoms with E-state index < -0.39 is 35.6 Å². The lowest BCUT2D eigenvalue weighted by Crippen LogP contribution is -2.21. The largest absolute Gasteiger partial charge is 0.416 e. The van der Waals surface area contributed by atoms with E-state index in [1.165, 1.54) is 6.07 Å². The Bertz CT molecular complexity index is 1480.